The average Bonchev–Trinajstić information content (AvgIpc) is 3.06. The number of nitrogens with one attached hydrogen (secondary N) is 2. The maximum absolute atomic E-state index is 12.2. The number of hydrogen-bond acceptors (Lipinski definition) is 5. The molecule has 2 aromatic rings. The Balaban J connectivity index is 1.90. The van der Waals surface area contributed by atoms with Gasteiger partial charge in [-0.1, -0.05) is 6.92 Å². The smallest absolute Gasteiger partial charge is 0.250 e. The molecule has 21 heavy (non-hydrogen) atoms. The molecule has 0 aromatic carbocycles. The summed E-state index contributed by atoms with van der Waals surface area (Å²) < 4.78 is 29.0. The van der Waals surface area contributed by atoms with Crippen LogP contribution in [0.4, 0.5) is 0 Å². The van der Waals surface area contributed by atoms with E-state index in [1.807, 2.05) is 25.4 Å². The van der Waals surface area contributed by atoms with Gasteiger partial charge in [0.05, 0.1) is 12.7 Å². The standard InChI is InChI=1S/C13H20N4O2S2/c1-3-14-8-12-6-13(20-10-12)21(18,19)16-4-5-17-9-11(2)7-15-17/h6-7,9-10,14,16H,3-5,8H2,1-2H3. The summed E-state index contributed by atoms with van der Waals surface area (Å²) in [5.74, 6) is 0. The molecule has 0 spiro atoms. The van der Waals surface area contributed by atoms with Gasteiger partial charge >= 0.3 is 0 Å². The molecule has 0 atom stereocenters. The number of thiophene rings is 1. The highest BCUT2D eigenvalue weighted by atomic mass is 32.2. The van der Waals surface area contributed by atoms with Gasteiger partial charge in [0.2, 0.25) is 10.0 Å². The van der Waals surface area contributed by atoms with E-state index in [0.717, 1.165) is 17.7 Å². The van der Waals surface area contributed by atoms with Crippen molar-refractivity contribution in [2.75, 3.05) is 13.1 Å². The molecule has 2 heterocycles. The Morgan fingerprint density at radius 2 is 2.24 bits per heavy atom. The summed E-state index contributed by atoms with van der Waals surface area (Å²) in [6.45, 7) is 6.36. The molecule has 8 heteroatoms. The van der Waals surface area contributed by atoms with Crippen molar-refractivity contribution in [3.05, 3.63) is 35.0 Å². The minimum absolute atomic E-state index is 0.323. The molecule has 0 saturated carbocycles. The normalized spacial score (nSPS) is 11.9. The molecule has 0 fully saturated rings. The van der Waals surface area contributed by atoms with Gasteiger partial charge in [0.1, 0.15) is 4.21 Å². The van der Waals surface area contributed by atoms with Gasteiger partial charge in [-0.15, -0.1) is 11.3 Å². The molecule has 6 nitrogen and oxygen atoms in total. The molecule has 0 bridgehead atoms. The van der Waals surface area contributed by atoms with E-state index in [0.29, 0.717) is 23.8 Å². The number of aromatic nitrogens is 2. The first-order valence-corrected chi connectivity index (χ1v) is 9.14. The van der Waals surface area contributed by atoms with E-state index < -0.39 is 10.0 Å². The molecular formula is C13H20N4O2S2. The quantitative estimate of drug-likeness (QED) is 0.767. The lowest BCUT2D eigenvalue weighted by atomic mass is 10.3. The molecule has 0 saturated heterocycles. The lowest BCUT2D eigenvalue weighted by Gasteiger charge is -2.04. The number of sulfonamides is 1. The first-order chi connectivity index (χ1) is 10.0. The van der Waals surface area contributed by atoms with Crippen LogP contribution in [-0.2, 0) is 23.1 Å². The van der Waals surface area contributed by atoms with E-state index in [1.54, 1.807) is 16.9 Å². The summed E-state index contributed by atoms with van der Waals surface area (Å²) in [6.07, 6.45) is 3.63. The molecule has 0 amide bonds. The molecule has 116 valence electrons. The largest absolute Gasteiger partial charge is 0.313 e. The summed E-state index contributed by atoms with van der Waals surface area (Å²) in [4.78, 5) is 0. The fourth-order valence-electron chi connectivity index (χ4n) is 1.81. The second-order valence-corrected chi connectivity index (χ2v) is 7.64. The maximum atomic E-state index is 12.2. The van der Waals surface area contributed by atoms with Crippen molar-refractivity contribution in [1.82, 2.24) is 19.8 Å². The highest BCUT2D eigenvalue weighted by molar-refractivity contribution is 7.91. The fourth-order valence-corrected chi connectivity index (χ4v) is 4.09. The highest BCUT2D eigenvalue weighted by Crippen LogP contribution is 2.19. The van der Waals surface area contributed by atoms with Crippen LogP contribution in [-0.4, -0.2) is 31.3 Å². The lowest BCUT2D eigenvalue weighted by Crippen LogP contribution is -2.27. The monoisotopic (exact) mass is 328 g/mol. The van der Waals surface area contributed by atoms with Crippen LogP contribution in [0.25, 0.3) is 0 Å². The Kier molecular flexibility index (Phi) is 5.51. The third-order valence-corrected chi connectivity index (χ3v) is 5.82. The van der Waals surface area contributed by atoms with E-state index in [-0.39, 0.29) is 0 Å². The molecule has 0 aliphatic rings. The zero-order valence-corrected chi connectivity index (χ0v) is 13.8. The first-order valence-electron chi connectivity index (χ1n) is 6.78. The predicted octanol–water partition coefficient (Wildman–Crippen LogP) is 1.34. The number of hydrogen-bond donors (Lipinski definition) is 2. The van der Waals surface area contributed by atoms with Crippen LogP contribution in [0.2, 0.25) is 0 Å². The molecule has 2 aromatic heterocycles. The molecule has 0 aliphatic heterocycles. The summed E-state index contributed by atoms with van der Waals surface area (Å²) >= 11 is 1.24. The first kappa shape index (κ1) is 16.2. The predicted molar refractivity (Wildman–Crippen MR) is 83.9 cm³/mol. The van der Waals surface area contributed by atoms with Gasteiger partial charge in [-0.05, 0) is 36.0 Å². The second kappa shape index (κ2) is 7.17. The maximum Gasteiger partial charge on any atom is 0.250 e. The van der Waals surface area contributed by atoms with E-state index in [4.69, 9.17) is 0 Å². The summed E-state index contributed by atoms with van der Waals surface area (Å²) in [6, 6.07) is 1.72. The van der Waals surface area contributed by atoms with Crippen LogP contribution in [0, 0.1) is 6.92 Å². The van der Waals surface area contributed by atoms with Gasteiger partial charge in [-0.25, -0.2) is 13.1 Å². The van der Waals surface area contributed by atoms with E-state index in [2.05, 4.69) is 15.1 Å². The number of nitrogens with zero attached hydrogens (tertiary/aromatic N) is 2. The molecule has 0 unspecified atom stereocenters. The van der Waals surface area contributed by atoms with Crippen molar-refractivity contribution in [1.29, 1.82) is 0 Å². The van der Waals surface area contributed by atoms with Gasteiger partial charge in [-0.3, -0.25) is 4.68 Å². The lowest BCUT2D eigenvalue weighted by molar-refractivity contribution is 0.562. The average molecular weight is 328 g/mol. The van der Waals surface area contributed by atoms with Crippen LogP contribution in [0.5, 0.6) is 0 Å². The van der Waals surface area contributed by atoms with Crippen molar-refractivity contribution in [2.24, 2.45) is 0 Å². The number of rotatable bonds is 8. The van der Waals surface area contributed by atoms with Gasteiger partial charge in [0.15, 0.2) is 0 Å². The van der Waals surface area contributed by atoms with Gasteiger partial charge in [0.25, 0.3) is 0 Å². The summed E-state index contributed by atoms with van der Waals surface area (Å²) in [5.41, 5.74) is 2.05. The zero-order valence-electron chi connectivity index (χ0n) is 12.2. The number of aryl methyl sites for hydroxylation is 1. The van der Waals surface area contributed by atoms with E-state index in [9.17, 15) is 8.42 Å². The van der Waals surface area contributed by atoms with Gasteiger partial charge in [-0.2, -0.15) is 5.10 Å². The zero-order chi connectivity index (χ0) is 15.3. The van der Waals surface area contributed by atoms with Crippen LogP contribution in [0.3, 0.4) is 0 Å². The van der Waals surface area contributed by atoms with Crippen LogP contribution in [0.1, 0.15) is 18.1 Å². The third kappa shape index (κ3) is 4.63. The third-order valence-electron chi connectivity index (χ3n) is 2.87. The Bertz CT molecular complexity index is 676. The molecule has 0 radical (unpaired) electrons. The van der Waals surface area contributed by atoms with Crippen molar-refractivity contribution in [3.63, 3.8) is 0 Å². The fraction of sp³-hybridized carbons (Fsp3) is 0.462. The molecule has 2 N–H and O–H groups in total. The minimum atomic E-state index is -3.43. The molecular weight excluding hydrogens is 308 g/mol. The van der Waals surface area contributed by atoms with Gasteiger partial charge < -0.3 is 5.32 Å². The van der Waals surface area contributed by atoms with Crippen LogP contribution >= 0.6 is 11.3 Å². The van der Waals surface area contributed by atoms with E-state index >= 15 is 0 Å². The van der Waals surface area contributed by atoms with Crippen LogP contribution < -0.4 is 10.0 Å². The molecule has 2 rings (SSSR count). The van der Waals surface area contributed by atoms with Crippen molar-refractivity contribution in [3.8, 4) is 0 Å². The minimum Gasteiger partial charge on any atom is -0.313 e. The molecule has 0 aliphatic carbocycles. The van der Waals surface area contributed by atoms with Gasteiger partial charge in [0, 0.05) is 19.3 Å². The van der Waals surface area contributed by atoms with Crippen molar-refractivity contribution in [2.45, 2.75) is 31.1 Å². The van der Waals surface area contributed by atoms with E-state index in [1.165, 1.54) is 11.3 Å². The Labute approximate surface area is 129 Å². The highest BCUT2D eigenvalue weighted by Gasteiger charge is 2.16. The Hall–Kier alpha value is -1.22. The summed E-state index contributed by atoms with van der Waals surface area (Å²) in [7, 11) is -3.43. The SMILES string of the molecule is CCNCc1csc(S(=O)(=O)NCCn2cc(C)cn2)c1. The topological polar surface area (TPSA) is 76.0 Å². The Morgan fingerprint density at radius 1 is 1.43 bits per heavy atom. The Morgan fingerprint density at radius 3 is 2.90 bits per heavy atom. The van der Waals surface area contributed by atoms with Crippen molar-refractivity contribution >= 4 is 21.4 Å². The van der Waals surface area contributed by atoms with Crippen LogP contribution in [0.15, 0.2) is 28.0 Å². The second-order valence-electron chi connectivity index (χ2n) is 4.73. The van der Waals surface area contributed by atoms with Crippen molar-refractivity contribution < 1.29 is 8.42 Å². The summed E-state index contributed by atoms with van der Waals surface area (Å²) in [5, 5.41) is 9.17.